The minimum Gasteiger partial charge on any atom is -0.393 e. The molecule has 3 nitrogen and oxygen atoms in total. The summed E-state index contributed by atoms with van der Waals surface area (Å²) in [5, 5.41) is 12.2. The molecule has 1 aliphatic heterocycles. The standard InChI is InChI=1S/C16H17BClNO2S/c17-11-8-15(22-9-11)13-2-1-10(7-14(13)18)16(21)19-5-3-12(20)4-6-19/h1-2,7-9,12,20H,3-6,17H2. The van der Waals surface area contributed by atoms with Gasteiger partial charge in [-0.05, 0) is 36.4 Å². The van der Waals surface area contributed by atoms with Crippen molar-refractivity contribution in [1.29, 1.82) is 0 Å². The van der Waals surface area contributed by atoms with Crippen molar-refractivity contribution in [3.63, 3.8) is 0 Å². The smallest absolute Gasteiger partial charge is 0.253 e. The van der Waals surface area contributed by atoms with E-state index in [1.165, 1.54) is 5.46 Å². The third-order valence-corrected chi connectivity index (χ3v) is 5.36. The van der Waals surface area contributed by atoms with Crippen LogP contribution in [0.5, 0.6) is 0 Å². The normalized spacial score (nSPS) is 16.0. The molecule has 1 aliphatic rings. The Morgan fingerprint density at radius 2 is 2.05 bits per heavy atom. The number of likely N-dealkylation sites (tertiary alicyclic amines) is 1. The van der Waals surface area contributed by atoms with E-state index < -0.39 is 0 Å². The number of halogens is 1. The Bertz CT molecular complexity index is 695. The highest BCUT2D eigenvalue weighted by molar-refractivity contribution is 7.14. The van der Waals surface area contributed by atoms with Gasteiger partial charge in [0.15, 0.2) is 0 Å². The van der Waals surface area contributed by atoms with E-state index in [1.54, 1.807) is 22.3 Å². The average molecular weight is 334 g/mol. The first-order valence-electron chi connectivity index (χ1n) is 7.37. The van der Waals surface area contributed by atoms with E-state index in [9.17, 15) is 9.90 Å². The molecule has 0 radical (unpaired) electrons. The highest BCUT2D eigenvalue weighted by Crippen LogP contribution is 2.31. The first-order chi connectivity index (χ1) is 10.5. The van der Waals surface area contributed by atoms with E-state index in [-0.39, 0.29) is 12.0 Å². The molecule has 0 saturated carbocycles. The van der Waals surface area contributed by atoms with E-state index in [1.807, 2.05) is 12.1 Å². The molecule has 0 atom stereocenters. The van der Waals surface area contributed by atoms with Crippen LogP contribution in [0.4, 0.5) is 0 Å². The molecule has 0 aliphatic carbocycles. The molecule has 0 bridgehead atoms. The van der Waals surface area contributed by atoms with E-state index in [4.69, 9.17) is 11.6 Å². The summed E-state index contributed by atoms with van der Waals surface area (Å²) in [6.45, 7) is 1.20. The van der Waals surface area contributed by atoms with Crippen LogP contribution in [0.3, 0.4) is 0 Å². The Kier molecular flexibility index (Phi) is 4.57. The Morgan fingerprint density at radius 3 is 2.64 bits per heavy atom. The van der Waals surface area contributed by atoms with Crippen molar-refractivity contribution >= 4 is 42.2 Å². The Hall–Kier alpha value is -1.30. The van der Waals surface area contributed by atoms with Crippen LogP contribution in [-0.4, -0.2) is 43.0 Å². The highest BCUT2D eigenvalue weighted by atomic mass is 35.5. The summed E-state index contributed by atoms with van der Waals surface area (Å²) in [5.74, 6) is -0.0114. The number of piperidine rings is 1. The lowest BCUT2D eigenvalue weighted by molar-refractivity contribution is 0.0546. The van der Waals surface area contributed by atoms with Crippen LogP contribution in [0.15, 0.2) is 29.6 Å². The maximum atomic E-state index is 12.5. The number of rotatable bonds is 2. The van der Waals surface area contributed by atoms with Gasteiger partial charge >= 0.3 is 0 Å². The predicted molar refractivity (Wildman–Crippen MR) is 94.1 cm³/mol. The van der Waals surface area contributed by atoms with E-state index in [2.05, 4.69) is 19.3 Å². The molecule has 1 aromatic carbocycles. The molecule has 1 saturated heterocycles. The fourth-order valence-corrected chi connectivity index (χ4v) is 3.95. The van der Waals surface area contributed by atoms with Crippen molar-refractivity contribution in [2.75, 3.05) is 13.1 Å². The Labute approximate surface area is 139 Å². The Balaban J connectivity index is 1.81. The van der Waals surface area contributed by atoms with Gasteiger partial charge in [0, 0.05) is 29.1 Å². The fourth-order valence-electron chi connectivity index (χ4n) is 2.67. The number of carbonyl (C=O) groups excluding carboxylic acids is 1. The van der Waals surface area contributed by atoms with Crippen LogP contribution in [0.25, 0.3) is 10.4 Å². The van der Waals surface area contributed by atoms with Crippen LogP contribution in [-0.2, 0) is 0 Å². The van der Waals surface area contributed by atoms with Crippen molar-refractivity contribution in [1.82, 2.24) is 4.90 Å². The minimum absolute atomic E-state index is 0.0114. The maximum absolute atomic E-state index is 12.5. The minimum atomic E-state index is -0.280. The van der Waals surface area contributed by atoms with Crippen LogP contribution >= 0.6 is 22.9 Å². The molecule has 1 fully saturated rings. The second-order valence-electron chi connectivity index (χ2n) is 5.71. The number of nitrogens with zero attached hydrogens (tertiary/aromatic N) is 1. The maximum Gasteiger partial charge on any atom is 0.253 e. The summed E-state index contributed by atoms with van der Waals surface area (Å²) in [6, 6.07) is 7.60. The van der Waals surface area contributed by atoms with Gasteiger partial charge in [0.1, 0.15) is 7.85 Å². The zero-order valence-corrected chi connectivity index (χ0v) is 14.0. The first kappa shape index (κ1) is 15.6. The summed E-state index contributed by atoms with van der Waals surface area (Å²) in [7, 11) is 2.05. The van der Waals surface area contributed by atoms with Crippen molar-refractivity contribution in [3.05, 3.63) is 40.2 Å². The molecular weight excluding hydrogens is 317 g/mol. The Morgan fingerprint density at radius 1 is 1.32 bits per heavy atom. The van der Waals surface area contributed by atoms with E-state index in [0.29, 0.717) is 36.5 Å². The largest absolute Gasteiger partial charge is 0.393 e. The molecule has 3 rings (SSSR count). The molecule has 114 valence electrons. The van der Waals surface area contributed by atoms with Crippen LogP contribution in [0.1, 0.15) is 23.2 Å². The van der Waals surface area contributed by atoms with Crippen LogP contribution in [0, 0.1) is 0 Å². The summed E-state index contributed by atoms with van der Waals surface area (Å²) in [5.41, 5.74) is 2.78. The number of carbonyl (C=O) groups is 1. The lowest BCUT2D eigenvalue weighted by Crippen LogP contribution is -2.40. The van der Waals surface area contributed by atoms with Gasteiger partial charge in [-0.15, -0.1) is 11.3 Å². The van der Waals surface area contributed by atoms with Gasteiger partial charge in [0.05, 0.1) is 11.1 Å². The number of hydrogen-bond acceptors (Lipinski definition) is 3. The van der Waals surface area contributed by atoms with Crippen LogP contribution < -0.4 is 5.46 Å². The molecule has 22 heavy (non-hydrogen) atoms. The molecule has 1 N–H and O–H groups in total. The number of thiophene rings is 1. The van der Waals surface area contributed by atoms with Gasteiger partial charge in [-0.3, -0.25) is 4.79 Å². The SMILES string of the molecule is Bc1csc(-c2ccc(C(=O)N3CCC(O)CC3)cc2Cl)c1. The second kappa shape index (κ2) is 6.45. The number of aliphatic hydroxyl groups is 1. The van der Waals surface area contributed by atoms with Gasteiger partial charge in [-0.1, -0.05) is 23.1 Å². The molecule has 0 spiro atoms. The summed E-state index contributed by atoms with van der Waals surface area (Å²) >= 11 is 8.03. The van der Waals surface area contributed by atoms with Crippen LogP contribution in [0.2, 0.25) is 5.02 Å². The molecular formula is C16H17BClNO2S. The quantitative estimate of drug-likeness (QED) is 0.853. The second-order valence-corrected chi connectivity index (χ2v) is 7.02. The third-order valence-electron chi connectivity index (χ3n) is 3.96. The number of hydrogen-bond donors (Lipinski definition) is 1. The monoisotopic (exact) mass is 333 g/mol. The third kappa shape index (κ3) is 3.22. The number of benzene rings is 1. The fraction of sp³-hybridized carbons (Fsp3) is 0.312. The van der Waals surface area contributed by atoms with Gasteiger partial charge < -0.3 is 10.0 Å². The molecule has 2 aromatic rings. The van der Waals surface area contributed by atoms with Crippen molar-refractivity contribution in [2.24, 2.45) is 0 Å². The topological polar surface area (TPSA) is 40.5 Å². The average Bonchev–Trinajstić information content (AvgIpc) is 2.93. The van der Waals surface area contributed by atoms with Crippen molar-refractivity contribution < 1.29 is 9.90 Å². The number of amides is 1. The van der Waals surface area contributed by atoms with E-state index in [0.717, 1.165) is 10.4 Å². The van der Waals surface area contributed by atoms with Gasteiger partial charge in [0.2, 0.25) is 0 Å². The summed E-state index contributed by atoms with van der Waals surface area (Å²) in [4.78, 5) is 15.4. The molecule has 2 heterocycles. The lowest BCUT2D eigenvalue weighted by Gasteiger charge is -2.29. The molecule has 1 aromatic heterocycles. The predicted octanol–water partition coefficient (Wildman–Crippen LogP) is 1.92. The highest BCUT2D eigenvalue weighted by Gasteiger charge is 2.22. The zero-order valence-electron chi connectivity index (χ0n) is 12.4. The summed E-state index contributed by atoms with van der Waals surface area (Å²) in [6.07, 6.45) is 1.01. The number of aliphatic hydroxyl groups excluding tert-OH is 1. The van der Waals surface area contributed by atoms with E-state index >= 15 is 0 Å². The van der Waals surface area contributed by atoms with Gasteiger partial charge in [-0.2, -0.15) is 0 Å². The zero-order chi connectivity index (χ0) is 15.7. The lowest BCUT2D eigenvalue weighted by atomic mass is 9.99. The van der Waals surface area contributed by atoms with Gasteiger partial charge in [-0.25, -0.2) is 0 Å². The molecule has 0 unspecified atom stereocenters. The first-order valence-corrected chi connectivity index (χ1v) is 8.63. The van der Waals surface area contributed by atoms with Crippen molar-refractivity contribution in [3.8, 4) is 10.4 Å². The van der Waals surface area contributed by atoms with Crippen molar-refractivity contribution in [2.45, 2.75) is 18.9 Å². The summed E-state index contributed by atoms with van der Waals surface area (Å²) < 4.78 is 0. The van der Waals surface area contributed by atoms with Gasteiger partial charge in [0.25, 0.3) is 5.91 Å². The molecule has 6 heteroatoms. The molecule has 1 amide bonds.